The first kappa shape index (κ1) is 24.1. The molecule has 0 saturated heterocycles. The van der Waals surface area contributed by atoms with Crippen molar-refractivity contribution in [3.63, 3.8) is 0 Å². The van der Waals surface area contributed by atoms with Crippen molar-refractivity contribution >= 4 is 5.97 Å². The lowest BCUT2D eigenvalue weighted by Gasteiger charge is -2.19. The molecule has 38 heavy (non-hydrogen) atoms. The molecule has 0 bridgehead atoms. The van der Waals surface area contributed by atoms with Crippen LogP contribution in [0, 0.1) is 19.7 Å². The Morgan fingerprint density at radius 1 is 1.13 bits per heavy atom. The topological polar surface area (TPSA) is 81.5 Å². The predicted molar refractivity (Wildman–Crippen MR) is 141 cm³/mol. The van der Waals surface area contributed by atoms with Gasteiger partial charge in [-0.3, -0.25) is 14.8 Å². The molecular formula is C31H27FN2O4. The summed E-state index contributed by atoms with van der Waals surface area (Å²) < 4.78 is 27.3. The number of halogens is 1. The second-order valence-electron chi connectivity index (χ2n) is 10.0. The lowest BCUT2D eigenvalue weighted by atomic mass is 9.88. The first-order chi connectivity index (χ1) is 18.4. The first-order valence-electron chi connectivity index (χ1n) is 12.7. The fourth-order valence-electron chi connectivity index (χ4n) is 5.88. The number of carbonyl (C=O) groups is 1. The van der Waals surface area contributed by atoms with Gasteiger partial charge in [0.1, 0.15) is 23.4 Å². The monoisotopic (exact) mass is 510 g/mol. The van der Waals surface area contributed by atoms with Gasteiger partial charge in [-0.1, -0.05) is 12.1 Å². The van der Waals surface area contributed by atoms with E-state index < -0.39 is 12.1 Å². The summed E-state index contributed by atoms with van der Waals surface area (Å²) in [5, 5.41) is 9.15. The minimum absolute atomic E-state index is 0.0236. The standard InChI is InChI=1S/C31H27FN2O4/c1-17-11-19(26-15-33-9-10-34-26)12-18(2)30(17)23-5-7-25(32)31-24(23)6-8-27(31)38-21-3-4-22-20(13-29(35)36)16-37-28(22)14-21/h3-5,7,9-12,14-15,20,27H,6,8,13,16H2,1-2H3,(H,35,36)/t20-,27-/m1/s1. The Labute approximate surface area is 220 Å². The van der Waals surface area contributed by atoms with Gasteiger partial charge >= 0.3 is 5.97 Å². The van der Waals surface area contributed by atoms with E-state index in [1.165, 1.54) is 6.07 Å². The van der Waals surface area contributed by atoms with E-state index in [1.54, 1.807) is 24.7 Å². The third kappa shape index (κ3) is 4.28. The summed E-state index contributed by atoms with van der Waals surface area (Å²) in [5.74, 6) is -0.0691. The highest BCUT2D eigenvalue weighted by molar-refractivity contribution is 5.79. The molecule has 7 heteroatoms. The van der Waals surface area contributed by atoms with Crippen molar-refractivity contribution in [1.82, 2.24) is 9.97 Å². The Hall–Kier alpha value is -4.26. The second-order valence-corrected chi connectivity index (χ2v) is 10.0. The zero-order valence-electron chi connectivity index (χ0n) is 21.2. The Bertz CT molecular complexity index is 1530. The minimum atomic E-state index is -0.852. The van der Waals surface area contributed by atoms with Gasteiger partial charge in [0, 0.05) is 41.1 Å². The van der Waals surface area contributed by atoms with Crippen LogP contribution in [0.25, 0.3) is 22.4 Å². The molecule has 1 N–H and O–H groups in total. The van der Waals surface area contributed by atoms with E-state index in [0.29, 0.717) is 36.5 Å². The van der Waals surface area contributed by atoms with Crippen molar-refractivity contribution in [1.29, 1.82) is 0 Å². The zero-order valence-corrected chi connectivity index (χ0v) is 21.2. The summed E-state index contributed by atoms with van der Waals surface area (Å²) in [7, 11) is 0. The van der Waals surface area contributed by atoms with Crippen LogP contribution in [-0.2, 0) is 11.2 Å². The van der Waals surface area contributed by atoms with Crippen LogP contribution >= 0.6 is 0 Å². The maximum absolute atomic E-state index is 15.2. The number of ether oxygens (including phenoxy) is 2. The highest BCUT2D eigenvalue weighted by Gasteiger charge is 2.32. The lowest BCUT2D eigenvalue weighted by Crippen LogP contribution is -2.07. The molecule has 3 aromatic carbocycles. The van der Waals surface area contributed by atoms with Crippen molar-refractivity contribution < 1.29 is 23.8 Å². The van der Waals surface area contributed by atoms with Crippen LogP contribution in [0.5, 0.6) is 11.5 Å². The Balaban J connectivity index is 1.31. The molecule has 2 heterocycles. The number of nitrogens with zero attached hydrogens (tertiary/aromatic N) is 2. The summed E-state index contributed by atoms with van der Waals surface area (Å²) in [5.41, 5.74) is 8.59. The van der Waals surface area contributed by atoms with E-state index in [4.69, 9.17) is 14.6 Å². The van der Waals surface area contributed by atoms with Crippen molar-refractivity contribution in [2.45, 2.75) is 45.1 Å². The number of aryl methyl sites for hydroxylation is 2. The van der Waals surface area contributed by atoms with Gasteiger partial charge in [-0.05, 0) is 78.8 Å². The average molecular weight is 511 g/mol. The maximum Gasteiger partial charge on any atom is 0.304 e. The van der Waals surface area contributed by atoms with Crippen LogP contribution in [0.1, 0.15) is 52.7 Å². The lowest BCUT2D eigenvalue weighted by molar-refractivity contribution is -0.137. The first-order valence-corrected chi connectivity index (χ1v) is 12.7. The summed E-state index contributed by atoms with van der Waals surface area (Å²) >= 11 is 0. The van der Waals surface area contributed by atoms with E-state index in [-0.39, 0.29) is 18.2 Å². The van der Waals surface area contributed by atoms with Crippen molar-refractivity contribution in [2.75, 3.05) is 6.61 Å². The summed E-state index contributed by atoms with van der Waals surface area (Å²) in [4.78, 5) is 19.8. The summed E-state index contributed by atoms with van der Waals surface area (Å²) in [6.45, 7) is 4.48. The van der Waals surface area contributed by atoms with Gasteiger partial charge in [-0.15, -0.1) is 0 Å². The number of fused-ring (bicyclic) bond motifs is 2. The molecule has 6 rings (SSSR count). The van der Waals surface area contributed by atoms with Crippen molar-refractivity contribution in [2.24, 2.45) is 0 Å². The molecule has 1 aliphatic heterocycles. The van der Waals surface area contributed by atoms with Crippen LogP contribution in [0.3, 0.4) is 0 Å². The molecule has 0 radical (unpaired) electrons. The second kappa shape index (κ2) is 9.56. The maximum atomic E-state index is 15.2. The molecule has 6 nitrogen and oxygen atoms in total. The van der Waals surface area contributed by atoms with Gasteiger partial charge in [0.25, 0.3) is 0 Å². The molecule has 0 spiro atoms. The van der Waals surface area contributed by atoms with Gasteiger partial charge in [-0.25, -0.2) is 4.39 Å². The molecule has 192 valence electrons. The minimum Gasteiger partial charge on any atom is -0.492 e. The number of carboxylic acid groups (broad SMARTS) is 1. The number of carboxylic acids is 1. The van der Waals surface area contributed by atoms with Gasteiger partial charge in [0.05, 0.1) is 24.9 Å². The molecule has 1 aliphatic carbocycles. The molecule has 0 unspecified atom stereocenters. The number of hydrogen-bond acceptors (Lipinski definition) is 5. The van der Waals surface area contributed by atoms with Gasteiger partial charge in [0.15, 0.2) is 0 Å². The average Bonchev–Trinajstić information content (AvgIpc) is 3.50. The fourth-order valence-corrected chi connectivity index (χ4v) is 5.88. The molecule has 1 aromatic heterocycles. The number of aliphatic carboxylic acids is 1. The van der Waals surface area contributed by atoms with Crippen LogP contribution in [0.15, 0.2) is 61.1 Å². The number of hydrogen-bond donors (Lipinski definition) is 1. The van der Waals surface area contributed by atoms with Crippen LogP contribution in [0.2, 0.25) is 0 Å². The van der Waals surface area contributed by atoms with E-state index in [1.807, 2.05) is 18.2 Å². The van der Waals surface area contributed by atoms with Gasteiger partial charge in [0.2, 0.25) is 0 Å². The summed E-state index contributed by atoms with van der Waals surface area (Å²) in [6.07, 6.45) is 6.07. The zero-order chi connectivity index (χ0) is 26.4. The smallest absolute Gasteiger partial charge is 0.304 e. The van der Waals surface area contributed by atoms with Crippen molar-refractivity contribution in [3.8, 4) is 33.9 Å². The normalized spacial score (nSPS) is 17.6. The van der Waals surface area contributed by atoms with Crippen LogP contribution in [-0.4, -0.2) is 27.7 Å². The van der Waals surface area contributed by atoms with Crippen LogP contribution in [0.4, 0.5) is 4.39 Å². The fraction of sp³-hybridized carbons (Fsp3) is 0.258. The Morgan fingerprint density at radius 2 is 1.95 bits per heavy atom. The number of rotatable bonds is 6. The van der Waals surface area contributed by atoms with E-state index in [9.17, 15) is 4.79 Å². The van der Waals surface area contributed by atoms with E-state index in [2.05, 4.69) is 35.9 Å². The SMILES string of the molecule is Cc1cc(-c2cnccn2)cc(C)c1-c1ccc(F)c2c1CC[C@H]2Oc1ccc2c(c1)OC[C@H]2CC(=O)O. The molecule has 0 amide bonds. The third-order valence-corrected chi connectivity index (χ3v) is 7.51. The number of aromatic nitrogens is 2. The van der Waals surface area contributed by atoms with Crippen LogP contribution < -0.4 is 9.47 Å². The third-order valence-electron chi connectivity index (χ3n) is 7.51. The molecule has 4 aromatic rings. The molecular weight excluding hydrogens is 483 g/mol. The van der Waals surface area contributed by atoms with Gasteiger partial charge in [-0.2, -0.15) is 0 Å². The Kier molecular flexibility index (Phi) is 6.06. The molecule has 2 atom stereocenters. The molecule has 2 aliphatic rings. The molecule has 0 fully saturated rings. The largest absolute Gasteiger partial charge is 0.492 e. The molecule has 0 saturated carbocycles. The van der Waals surface area contributed by atoms with E-state index in [0.717, 1.165) is 44.6 Å². The van der Waals surface area contributed by atoms with Crippen molar-refractivity contribution in [3.05, 3.63) is 94.7 Å². The van der Waals surface area contributed by atoms with Gasteiger partial charge < -0.3 is 14.6 Å². The number of benzene rings is 3. The van der Waals surface area contributed by atoms with E-state index >= 15 is 4.39 Å². The highest BCUT2D eigenvalue weighted by Crippen LogP contribution is 2.45. The summed E-state index contributed by atoms with van der Waals surface area (Å²) in [6, 6.07) is 13.1. The Morgan fingerprint density at radius 3 is 2.68 bits per heavy atom. The predicted octanol–water partition coefficient (Wildman–Crippen LogP) is 6.58. The highest BCUT2D eigenvalue weighted by atomic mass is 19.1. The quantitative estimate of drug-likeness (QED) is 0.315.